The Morgan fingerprint density at radius 2 is 1.97 bits per heavy atom. The van der Waals surface area contributed by atoms with Gasteiger partial charge in [0.25, 0.3) is 5.91 Å². The maximum absolute atomic E-state index is 12.7. The lowest BCUT2D eigenvalue weighted by molar-refractivity contribution is 0.102. The molecule has 0 fully saturated rings. The third-order valence-electron chi connectivity index (χ3n) is 4.42. The Labute approximate surface area is 177 Å². The summed E-state index contributed by atoms with van der Waals surface area (Å²) >= 11 is 1.57. The van der Waals surface area contributed by atoms with E-state index in [4.69, 9.17) is 9.47 Å². The fourth-order valence-corrected chi connectivity index (χ4v) is 3.84. The molecule has 152 valence electrons. The Balaban J connectivity index is 1.46. The van der Waals surface area contributed by atoms with E-state index in [1.807, 2.05) is 18.2 Å². The number of amides is 1. The Morgan fingerprint density at radius 1 is 1.10 bits per heavy atom. The minimum absolute atomic E-state index is 0.201. The van der Waals surface area contributed by atoms with Crippen LogP contribution in [0.25, 0.3) is 11.0 Å². The lowest BCUT2D eigenvalue weighted by atomic mass is 10.1. The molecule has 0 saturated heterocycles. The zero-order valence-corrected chi connectivity index (χ0v) is 17.2. The highest BCUT2D eigenvalue weighted by atomic mass is 32.2. The second-order valence-electron chi connectivity index (χ2n) is 6.32. The van der Waals surface area contributed by atoms with Crippen LogP contribution in [0.15, 0.2) is 60.0 Å². The fraction of sp³-hybridized carbons (Fsp3) is 0.143. The van der Waals surface area contributed by atoms with Crippen LogP contribution >= 0.6 is 11.8 Å². The lowest BCUT2D eigenvalue weighted by Crippen LogP contribution is -2.12. The van der Waals surface area contributed by atoms with E-state index in [-0.39, 0.29) is 5.91 Å². The van der Waals surface area contributed by atoms with Crippen molar-refractivity contribution in [1.29, 1.82) is 0 Å². The quantitative estimate of drug-likeness (QED) is 0.344. The molecule has 0 atom stereocenters. The first-order valence-corrected chi connectivity index (χ1v) is 10.1. The lowest BCUT2D eigenvalue weighted by Gasteiger charge is -2.11. The van der Waals surface area contributed by atoms with Gasteiger partial charge in [0.15, 0.2) is 17.1 Å². The molecule has 2 heterocycles. The molecule has 4 rings (SSSR count). The maximum Gasteiger partial charge on any atom is 0.255 e. The molecular weight excluding hydrogens is 402 g/mol. The number of hydrogen-bond acceptors (Lipinski definition) is 7. The van der Waals surface area contributed by atoms with Crippen LogP contribution < -0.4 is 14.8 Å². The van der Waals surface area contributed by atoms with Gasteiger partial charge in [-0.3, -0.25) is 9.89 Å². The highest BCUT2D eigenvalue weighted by molar-refractivity contribution is 7.98. The van der Waals surface area contributed by atoms with Crippen LogP contribution in [0.1, 0.15) is 15.9 Å². The molecule has 0 saturated carbocycles. The molecule has 30 heavy (non-hydrogen) atoms. The van der Waals surface area contributed by atoms with Crippen molar-refractivity contribution in [2.75, 3.05) is 19.5 Å². The smallest absolute Gasteiger partial charge is 0.255 e. The highest BCUT2D eigenvalue weighted by Crippen LogP contribution is 2.30. The van der Waals surface area contributed by atoms with E-state index >= 15 is 0 Å². The summed E-state index contributed by atoms with van der Waals surface area (Å²) in [5.74, 6) is 1.62. The number of fused-ring (bicyclic) bond motifs is 1. The second kappa shape index (κ2) is 8.83. The Hall–Kier alpha value is -3.59. The number of ether oxygens (including phenoxy) is 2. The van der Waals surface area contributed by atoms with Gasteiger partial charge in [-0.1, -0.05) is 12.1 Å². The Bertz CT molecular complexity index is 1190. The van der Waals surface area contributed by atoms with Gasteiger partial charge in [-0.05, 0) is 29.8 Å². The zero-order chi connectivity index (χ0) is 20.9. The minimum atomic E-state index is -0.201. The number of carbonyl (C=O) groups is 1. The van der Waals surface area contributed by atoms with Crippen molar-refractivity contribution in [3.63, 3.8) is 0 Å². The highest BCUT2D eigenvalue weighted by Gasteiger charge is 2.11. The van der Waals surface area contributed by atoms with Crippen LogP contribution in [-0.4, -0.2) is 40.3 Å². The van der Waals surface area contributed by atoms with E-state index in [1.54, 1.807) is 56.4 Å². The SMILES string of the molecule is COc1ccc(NC(=O)c2cccc(CSc3ncnc4[nH]ncc34)c2)cc1OC. The normalized spacial score (nSPS) is 10.7. The Morgan fingerprint density at radius 3 is 2.80 bits per heavy atom. The van der Waals surface area contributed by atoms with E-state index in [9.17, 15) is 4.79 Å². The summed E-state index contributed by atoms with van der Waals surface area (Å²) < 4.78 is 10.5. The van der Waals surface area contributed by atoms with E-state index in [0.717, 1.165) is 16.0 Å². The number of carbonyl (C=O) groups excluding carboxylic acids is 1. The number of nitrogens with zero attached hydrogens (tertiary/aromatic N) is 3. The molecule has 8 nitrogen and oxygen atoms in total. The van der Waals surface area contributed by atoms with Crippen LogP contribution in [0.3, 0.4) is 0 Å². The third kappa shape index (κ3) is 4.20. The number of methoxy groups -OCH3 is 2. The van der Waals surface area contributed by atoms with Gasteiger partial charge in [-0.15, -0.1) is 11.8 Å². The molecule has 0 radical (unpaired) electrons. The molecule has 2 N–H and O–H groups in total. The van der Waals surface area contributed by atoms with Crippen LogP contribution in [0, 0.1) is 0 Å². The van der Waals surface area contributed by atoms with Crippen LogP contribution in [0.2, 0.25) is 0 Å². The molecule has 0 aliphatic rings. The average Bonchev–Trinajstić information content (AvgIpc) is 3.27. The summed E-state index contributed by atoms with van der Waals surface area (Å²) in [7, 11) is 3.12. The minimum Gasteiger partial charge on any atom is -0.493 e. The summed E-state index contributed by atoms with van der Waals surface area (Å²) in [5, 5.41) is 11.5. The molecule has 2 aromatic heterocycles. The summed E-state index contributed by atoms with van der Waals surface area (Å²) in [5.41, 5.74) is 2.91. The average molecular weight is 421 g/mol. The molecule has 4 aromatic rings. The summed E-state index contributed by atoms with van der Waals surface area (Å²) in [4.78, 5) is 21.2. The van der Waals surface area contributed by atoms with E-state index in [1.165, 1.54) is 6.33 Å². The molecule has 2 aromatic carbocycles. The first-order valence-electron chi connectivity index (χ1n) is 9.07. The zero-order valence-electron chi connectivity index (χ0n) is 16.4. The van der Waals surface area contributed by atoms with Crippen molar-refractivity contribution >= 4 is 34.4 Å². The van der Waals surface area contributed by atoms with Gasteiger partial charge in [0.2, 0.25) is 0 Å². The number of aromatic amines is 1. The molecule has 0 aliphatic carbocycles. The molecule has 0 bridgehead atoms. The van der Waals surface area contributed by atoms with Crippen molar-refractivity contribution < 1.29 is 14.3 Å². The second-order valence-corrected chi connectivity index (χ2v) is 7.29. The van der Waals surface area contributed by atoms with Crippen LogP contribution in [0.5, 0.6) is 11.5 Å². The van der Waals surface area contributed by atoms with Crippen LogP contribution in [-0.2, 0) is 5.75 Å². The summed E-state index contributed by atoms with van der Waals surface area (Å²) in [6.45, 7) is 0. The number of hydrogen-bond donors (Lipinski definition) is 2. The van der Waals surface area contributed by atoms with Crippen LogP contribution in [0.4, 0.5) is 5.69 Å². The first-order chi connectivity index (χ1) is 14.7. The van der Waals surface area contributed by atoms with Crippen molar-refractivity contribution in [1.82, 2.24) is 20.2 Å². The van der Waals surface area contributed by atoms with Crippen molar-refractivity contribution in [2.45, 2.75) is 10.8 Å². The standard InChI is InChI=1S/C21H19N5O3S/c1-28-17-7-6-15(9-18(17)29-2)25-20(27)14-5-3-4-13(8-14)11-30-21-16-10-24-26-19(16)22-12-23-21/h3-10,12H,11H2,1-2H3,(H,25,27)(H,22,23,24,26). The molecule has 9 heteroatoms. The number of anilines is 1. The summed E-state index contributed by atoms with van der Waals surface area (Å²) in [6, 6.07) is 12.7. The number of aromatic nitrogens is 4. The predicted molar refractivity (Wildman–Crippen MR) is 115 cm³/mol. The molecule has 0 spiro atoms. The van der Waals surface area contributed by atoms with Gasteiger partial charge >= 0.3 is 0 Å². The summed E-state index contributed by atoms with van der Waals surface area (Å²) in [6.07, 6.45) is 3.22. The first kappa shape index (κ1) is 19.7. The number of benzene rings is 2. The molecule has 0 aliphatic heterocycles. The fourth-order valence-electron chi connectivity index (χ4n) is 2.93. The molecular formula is C21H19N5O3S. The van der Waals surface area contributed by atoms with Crippen molar-refractivity contribution in [2.24, 2.45) is 0 Å². The van der Waals surface area contributed by atoms with Crippen molar-refractivity contribution in [3.05, 3.63) is 66.1 Å². The third-order valence-corrected chi connectivity index (χ3v) is 5.49. The van der Waals surface area contributed by atoms with Gasteiger partial charge in [0, 0.05) is 23.1 Å². The largest absolute Gasteiger partial charge is 0.493 e. The molecule has 0 unspecified atom stereocenters. The molecule has 1 amide bonds. The predicted octanol–water partition coefficient (Wildman–Crippen LogP) is 3.91. The van der Waals surface area contributed by atoms with Crippen molar-refractivity contribution in [3.8, 4) is 11.5 Å². The number of rotatable bonds is 7. The Kier molecular flexibility index (Phi) is 5.80. The van der Waals surface area contributed by atoms with Gasteiger partial charge in [-0.25, -0.2) is 9.97 Å². The van der Waals surface area contributed by atoms with Gasteiger partial charge in [-0.2, -0.15) is 5.10 Å². The topological polar surface area (TPSA) is 102 Å². The van der Waals surface area contributed by atoms with Gasteiger partial charge in [0.1, 0.15) is 11.4 Å². The number of H-pyrrole nitrogens is 1. The van der Waals surface area contributed by atoms with E-state index in [0.29, 0.717) is 34.1 Å². The van der Waals surface area contributed by atoms with Gasteiger partial charge in [0.05, 0.1) is 25.8 Å². The number of thioether (sulfide) groups is 1. The van der Waals surface area contributed by atoms with E-state index in [2.05, 4.69) is 25.5 Å². The van der Waals surface area contributed by atoms with E-state index < -0.39 is 0 Å². The van der Waals surface area contributed by atoms with Gasteiger partial charge < -0.3 is 14.8 Å². The number of nitrogens with one attached hydrogen (secondary N) is 2. The monoisotopic (exact) mass is 421 g/mol. The maximum atomic E-state index is 12.7.